The summed E-state index contributed by atoms with van der Waals surface area (Å²) in [6.07, 6.45) is 0.611. The molecule has 0 spiro atoms. The van der Waals surface area contributed by atoms with E-state index in [1.165, 1.54) is 11.8 Å². The zero-order valence-corrected chi connectivity index (χ0v) is 18.5. The lowest BCUT2D eigenvalue weighted by Gasteiger charge is -2.28. The van der Waals surface area contributed by atoms with E-state index in [0.717, 1.165) is 5.56 Å². The van der Waals surface area contributed by atoms with Crippen molar-refractivity contribution < 1.29 is 28.7 Å². The minimum absolute atomic E-state index is 0.115. The molecule has 0 radical (unpaired) electrons. The maximum Gasteiger partial charge on any atom is 0.410 e. The van der Waals surface area contributed by atoms with Crippen molar-refractivity contribution in [3.63, 3.8) is 0 Å². The van der Waals surface area contributed by atoms with Gasteiger partial charge in [0.2, 0.25) is 11.8 Å². The number of ether oxygens (including phenoxy) is 2. The van der Waals surface area contributed by atoms with Gasteiger partial charge in [0, 0.05) is 6.54 Å². The number of hydrogen-bond donors (Lipinski definition) is 2. The molecule has 1 saturated heterocycles. The molecule has 3 amide bonds. The van der Waals surface area contributed by atoms with Crippen molar-refractivity contribution in [1.29, 1.82) is 0 Å². The predicted molar refractivity (Wildman–Crippen MR) is 113 cm³/mol. The zero-order chi connectivity index (χ0) is 23.0. The molecule has 2 atom stereocenters. The van der Waals surface area contributed by atoms with E-state index in [0.29, 0.717) is 19.4 Å². The summed E-state index contributed by atoms with van der Waals surface area (Å²) in [5, 5.41) is 5.04. The van der Waals surface area contributed by atoms with Crippen molar-refractivity contribution >= 4 is 23.9 Å². The molecule has 1 fully saturated rings. The minimum atomic E-state index is -0.879. The van der Waals surface area contributed by atoms with Gasteiger partial charge in [-0.25, -0.2) is 4.79 Å². The quantitative estimate of drug-likeness (QED) is 0.634. The molecule has 1 aliphatic heterocycles. The highest BCUT2D eigenvalue weighted by molar-refractivity contribution is 5.92. The minimum Gasteiger partial charge on any atom is -0.460 e. The summed E-state index contributed by atoms with van der Waals surface area (Å²) in [6, 6.07) is 7.61. The van der Waals surface area contributed by atoms with Crippen LogP contribution in [0.1, 0.15) is 46.1 Å². The van der Waals surface area contributed by atoms with Crippen LogP contribution in [0, 0.1) is 0 Å². The fraction of sp³-hybridized carbons (Fsp3) is 0.545. The van der Waals surface area contributed by atoms with Crippen LogP contribution in [0.5, 0.6) is 0 Å². The van der Waals surface area contributed by atoms with Crippen LogP contribution in [0.25, 0.3) is 0 Å². The second kappa shape index (κ2) is 10.8. The van der Waals surface area contributed by atoms with Gasteiger partial charge in [0.15, 0.2) is 0 Å². The van der Waals surface area contributed by atoms with Crippen molar-refractivity contribution in [2.75, 3.05) is 13.1 Å². The first-order valence-corrected chi connectivity index (χ1v) is 10.3. The molecule has 9 heteroatoms. The molecule has 1 aromatic carbocycles. The summed E-state index contributed by atoms with van der Waals surface area (Å²) in [6.45, 7) is 7.01. The van der Waals surface area contributed by atoms with E-state index in [4.69, 9.17) is 9.47 Å². The molecule has 31 heavy (non-hydrogen) atoms. The van der Waals surface area contributed by atoms with E-state index in [1.54, 1.807) is 20.8 Å². The Morgan fingerprint density at radius 2 is 1.84 bits per heavy atom. The number of rotatable bonds is 7. The van der Waals surface area contributed by atoms with Crippen LogP contribution in [-0.4, -0.2) is 59.6 Å². The maximum absolute atomic E-state index is 12.6. The fourth-order valence-corrected chi connectivity index (χ4v) is 3.05. The molecule has 2 rings (SSSR count). The number of hydrogen-bond acceptors (Lipinski definition) is 6. The molecule has 0 unspecified atom stereocenters. The lowest BCUT2D eigenvalue weighted by molar-refractivity contribution is -0.145. The maximum atomic E-state index is 12.6. The van der Waals surface area contributed by atoms with Crippen LogP contribution in [0.4, 0.5) is 4.79 Å². The summed E-state index contributed by atoms with van der Waals surface area (Å²) in [5.74, 6) is -1.54. The molecule has 0 saturated carbocycles. The SMILES string of the molecule is C[C@H](NC(=O)[C@@H]1CCCN1C(=O)OC(C)(C)C)C(=O)NCC(=O)OCc1ccccc1. The van der Waals surface area contributed by atoms with E-state index < -0.39 is 41.6 Å². The lowest BCUT2D eigenvalue weighted by Crippen LogP contribution is -2.53. The van der Waals surface area contributed by atoms with Crippen LogP contribution in [-0.2, 0) is 30.5 Å². The Bertz CT molecular complexity index is 790. The smallest absolute Gasteiger partial charge is 0.410 e. The largest absolute Gasteiger partial charge is 0.460 e. The Kier molecular flexibility index (Phi) is 8.41. The number of benzene rings is 1. The molecule has 0 aliphatic carbocycles. The van der Waals surface area contributed by atoms with E-state index in [9.17, 15) is 19.2 Å². The Hall–Kier alpha value is -3.10. The highest BCUT2D eigenvalue weighted by Gasteiger charge is 2.37. The van der Waals surface area contributed by atoms with Crippen molar-refractivity contribution in [1.82, 2.24) is 15.5 Å². The first kappa shape index (κ1) is 24.2. The average Bonchev–Trinajstić information content (AvgIpc) is 3.20. The third-order valence-electron chi connectivity index (χ3n) is 4.59. The fourth-order valence-electron chi connectivity index (χ4n) is 3.05. The molecule has 0 aromatic heterocycles. The normalized spacial score (nSPS) is 16.9. The van der Waals surface area contributed by atoms with Crippen molar-refractivity contribution in [3.05, 3.63) is 35.9 Å². The number of nitrogens with one attached hydrogen (secondary N) is 2. The topological polar surface area (TPSA) is 114 Å². The van der Waals surface area contributed by atoms with Gasteiger partial charge >= 0.3 is 12.1 Å². The van der Waals surface area contributed by atoms with Crippen LogP contribution in [0.3, 0.4) is 0 Å². The number of nitrogens with zero attached hydrogens (tertiary/aromatic N) is 1. The number of carbonyl (C=O) groups excluding carboxylic acids is 4. The highest BCUT2D eigenvalue weighted by atomic mass is 16.6. The zero-order valence-electron chi connectivity index (χ0n) is 18.5. The first-order valence-electron chi connectivity index (χ1n) is 10.3. The van der Waals surface area contributed by atoms with Gasteiger partial charge in [0.05, 0.1) is 0 Å². The van der Waals surface area contributed by atoms with Crippen LogP contribution >= 0.6 is 0 Å². The second-order valence-electron chi connectivity index (χ2n) is 8.43. The Morgan fingerprint density at radius 1 is 1.16 bits per heavy atom. The van der Waals surface area contributed by atoms with Crippen molar-refractivity contribution in [3.8, 4) is 0 Å². The summed E-state index contributed by atoms with van der Waals surface area (Å²) >= 11 is 0. The highest BCUT2D eigenvalue weighted by Crippen LogP contribution is 2.21. The van der Waals surface area contributed by atoms with Crippen LogP contribution < -0.4 is 10.6 Å². The van der Waals surface area contributed by atoms with Gasteiger partial charge in [-0.2, -0.15) is 0 Å². The molecule has 9 nitrogen and oxygen atoms in total. The monoisotopic (exact) mass is 433 g/mol. The van der Waals surface area contributed by atoms with Gasteiger partial charge in [-0.3, -0.25) is 19.3 Å². The van der Waals surface area contributed by atoms with Crippen LogP contribution in [0.2, 0.25) is 0 Å². The van der Waals surface area contributed by atoms with Crippen molar-refractivity contribution in [2.24, 2.45) is 0 Å². The predicted octanol–water partition coefficient (Wildman–Crippen LogP) is 1.75. The third kappa shape index (κ3) is 7.92. The van der Waals surface area contributed by atoms with E-state index in [2.05, 4.69) is 10.6 Å². The summed E-state index contributed by atoms with van der Waals surface area (Å²) in [7, 11) is 0. The summed E-state index contributed by atoms with van der Waals surface area (Å²) in [5.41, 5.74) is 0.178. The van der Waals surface area contributed by atoms with Gasteiger partial charge in [-0.05, 0) is 46.1 Å². The number of likely N-dealkylation sites (tertiary alicyclic amines) is 1. The van der Waals surface area contributed by atoms with E-state index >= 15 is 0 Å². The molecule has 1 heterocycles. The summed E-state index contributed by atoms with van der Waals surface area (Å²) in [4.78, 5) is 50.4. The molecule has 1 aliphatic rings. The molecule has 1 aromatic rings. The standard InChI is InChI=1S/C22H31N3O6/c1-15(19(27)23-13-18(26)30-14-16-9-6-5-7-10-16)24-20(28)17-11-8-12-25(17)21(29)31-22(2,3)4/h5-7,9-10,15,17H,8,11-14H2,1-4H3,(H,23,27)(H,24,28)/t15-,17-/m0/s1. The van der Waals surface area contributed by atoms with E-state index in [1.807, 2.05) is 30.3 Å². The number of amides is 3. The number of esters is 1. The molecule has 2 N–H and O–H groups in total. The Balaban J connectivity index is 1.77. The second-order valence-corrected chi connectivity index (χ2v) is 8.43. The lowest BCUT2D eigenvalue weighted by atomic mass is 10.2. The Labute approximate surface area is 182 Å². The van der Waals surface area contributed by atoms with Gasteiger partial charge < -0.3 is 20.1 Å². The average molecular weight is 434 g/mol. The molecular weight excluding hydrogens is 402 g/mol. The first-order chi connectivity index (χ1) is 14.6. The Morgan fingerprint density at radius 3 is 2.48 bits per heavy atom. The number of carbonyl (C=O) groups is 4. The van der Waals surface area contributed by atoms with Crippen molar-refractivity contribution in [2.45, 2.75) is 64.8 Å². The summed E-state index contributed by atoms with van der Waals surface area (Å²) < 4.78 is 10.5. The van der Waals surface area contributed by atoms with E-state index in [-0.39, 0.29) is 13.2 Å². The van der Waals surface area contributed by atoms with Gasteiger partial charge in [0.1, 0.15) is 30.8 Å². The molecular formula is C22H31N3O6. The molecule has 170 valence electrons. The molecule has 0 bridgehead atoms. The van der Waals surface area contributed by atoms with Gasteiger partial charge in [-0.1, -0.05) is 30.3 Å². The third-order valence-corrected chi connectivity index (χ3v) is 4.59. The van der Waals surface area contributed by atoms with Gasteiger partial charge in [-0.15, -0.1) is 0 Å². The van der Waals surface area contributed by atoms with Crippen LogP contribution in [0.15, 0.2) is 30.3 Å². The van der Waals surface area contributed by atoms with Gasteiger partial charge in [0.25, 0.3) is 0 Å².